The molecular weight excluding hydrogens is 418 g/mol. The second-order valence-corrected chi connectivity index (χ2v) is 11.0. The maximum Gasteiger partial charge on any atom is 0.317 e. The molecular formula is C26H37N3O4. The number of likely N-dealkylation sites (tertiary alicyclic amines) is 1. The molecule has 4 aliphatic carbocycles. The second-order valence-electron chi connectivity index (χ2n) is 11.0. The average Bonchev–Trinajstić information content (AvgIpc) is 2.80. The van der Waals surface area contributed by atoms with Crippen molar-refractivity contribution in [1.29, 1.82) is 0 Å². The molecule has 3 atom stereocenters. The molecule has 0 spiro atoms. The van der Waals surface area contributed by atoms with E-state index in [4.69, 9.17) is 4.74 Å². The van der Waals surface area contributed by atoms with Gasteiger partial charge in [-0.15, -0.1) is 0 Å². The Morgan fingerprint density at radius 2 is 1.88 bits per heavy atom. The van der Waals surface area contributed by atoms with E-state index in [1.54, 1.807) is 36.3 Å². The zero-order valence-corrected chi connectivity index (χ0v) is 19.8. The van der Waals surface area contributed by atoms with Gasteiger partial charge in [-0.1, -0.05) is 0 Å². The predicted molar refractivity (Wildman–Crippen MR) is 125 cm³/mol. The van der Waals surface area contributed by atoms with Gasteiger partial charge in [-0.05, 0) is 92.9 Å². The summed E-state index contributed by atoms with van der Waals surface area (Å²) in [7, 11) is 3.45. The third-order valence-corrected chi connectivity index (χ3v) is 8.55. The second kappa shape index (κ2) is 8.82. The molecule has 7 heteroatoms. The van der Waals surface area contributed by atoms with Crippen molar-refractivity contribution in [3.8, 4) is 5.75 Å². The van der Waals surface area contributed by atoms with Crippen molar-refractivity contribution >= 4 is 11.9 Å². The summed E-state index contributed by atoms with van der Waals surface area (Å²) >= 11 is 0. The highest BCUT2D eigenvalue weighted by molar-refractivity contribution is 5.94. The van der Waals surface area contributed by atoms with Crippen molar-refractivity contribution in [2.24, 2.45) is 23.7 Å². The molecule has 0 aromatic heterocycles. The van der Waals surface area contributed by atoms with Crippen LogP contribution < -0.4 is 10.1 Å². The van der Waals surface area contributed by atoms with Crippen LogP contribution in [0.15, 0.2) is 24.3 Å². The van der Waals surface area contributed by atoms with Crippen LogP contribution >= 0.6 is 0 Å². The number of amides is 3. The summed E-state index contributed by atoms with van der Waals surface area (Å²) in [5.74, 6) is 2.47. The van der Waals surface area contributed by atoms with Crippen molar-refractivity contribution in [3.63, 3.8) is 0 Å². The van der Waals surface area contributed by atoms with E-state index in [0.29, 0.717) is 36.4 Å². The fourth-order valence-corrected chi connectivity index (χ4v) is 7.27. The summed E-state index contributed by atoms with van der Waals surface area (Å²) in [5.41, 5.74) is 0.168. The SMILES string of the molecule is COc1ccc(C(=O)N(C)C[C@H]2CCCN(C(=O)NC3C4CC5CC3CC(O)(C5)C4)C2)cc1. The standard InChI is InChI=1S/C26H37N3O4/c1-28(24(30)19-5-7-22(33-2)8-6-19)15-17-4-3-9-29(16-17)25(31)27-23-20-10-18-11-21(23)14-26(32,12-18)13-20/h5-8,17-18,20-21,23,32H,3-4,9-16H2,1-2H3,(H,27,31)/t17-,18?,20?,21?,23?,26?/m1/s1. The highest BCUT2D eigenvalue weighted by Crippen LogP contribution is 2.55. The molecule has 1 aromatic carbocycles. The molecule has 2 unspecified atom stereocenters. The molecule has 1 heterocycles. The quantitative estimate of drug-likeness (QED) is 0.715. The number of hydrogen-bond acceptors (Lipinski definition) is 4. The third kappa shape index (κ3) is 4.57. The normalized spacial score (nSPS) is 34.8. The number of carbonyl (C=O) groups is 2. The number of carbonyl (C=O) groups excluding carboxylic acids is 2. The number of hydrogen-bond donors (Lipinski definition) is 2. The van der Waals surface area contributed by atoms with Crippen LogP contribution in [-0.2, 0) is 0 Å². The zero-order valence-electron chi connectivity index (χ0n) is 19.8. The molecule has 2 N–H and O–H groups in total. The summed E-state index contributed by atoms with van der Waals surface area (Å²) in [6.45, 7) is 2.09. The van der Waals surface area contributed by atoms with E-state index in [9.17, 15) is 14.7 Å². The van der Waals surface area contributed by atoms with E-state index in [1.807, 2.05) is 11.9 Å². The van der Waals surface area contributed by atoms with Crippen molar-refractivity contribution in [2.75, 3.05) is 33.8 Å². The van der Waals surface area contributed by atoms with Gasteiger partial charge in [0.25, 0.3) is 5.91 Å². The molecule has 6 rings (SSSR count). The molecule has 1 aromatic rings. The monoisotopic (exact) mass is 455 g/mol. The van der Waals surface area contributed by atoms with Gasteiger partial charge in [0.1, 0.15) is 5.75 Å². The number of nitrogens with one attached hydrogen (secondary N) is 1. The summed E-state index contributed by atoms with van der Waals surface area (Å²) in [6, 6.07) is 7.43. The molecule has 1 saturated heterocycles. The number of nitrogens with zero attached hydrogens (tertiary/aromatic N) is 2. The molecule has 1 aliphatic heterocycles. The lowest BCUT2D eigenvalue weighted by molar-refractivity contribution is -0.137. The van der Waals surface area contributed by atoms with Gasteiger partial charge in [0.15, 0.2) is 0 Å². The largest absolute Gasteiger partial charge is 0.497 e. The van der Waals surface area contributed by atoms with Crippen molar-refractivity contribution in [3.05, 3.63) is 29.8 Å². The molecule has 5 fully saturated rings. The van der Waals surface area contributed by atoms with Crippen molar-refractivity contribution in [1.82, 2.24) is 15.1 Å². The Morgan fingerprint density at radius 1 is 1.18 bits per heavy atom. The van der Waals surface area contributed by atoms with Crippen LogP contribution in [0.4, 0.5) is 4.79 Å². The van der Waals surface area contributed by atoms with E-state index >= 15 is 0 Å². The Bertz CT molecular complexity index is 872. The van der Waals surface area contributed by atoms with Gasteiger partial charge in [-0.3, -0.25) is 4.79 Å². The lowest BCUT2D eigenvalue weighted by atomic mass is 9.52. The van der Waals surface area contributed by atoms with E-state index in [-0.39, 0.29) is 23.9 Å². The number of rotatable bonds is 5. The van der Waals surface area contributed by atoms with Gasteiger partial charge in [0.05, 0.1) is 12.7 Å². The summed E-state index contributed by atoms with van der Waals surface area (Å²) in [5, 5.41) is 14.2. The van der Waals surface area contributed by atoms with E-state index in [2.05, 4.69) is 5.32 Å². The molecule has 0 radical (unpaired) electrons. The maximum absolute atomic E-state index is 13.2. The maximum atomic E-state index is 13.2. The smallest absolute Gasteiger partial charge is 0.317 e. The first kappa shape index (κ1) is 22.5. The molecule has 3 amide bonds. The van der Waals surface area contributed by atoms with Gasteiger partial charge < -0.3 is 25.0 Å². The Kier molecular flexibility index (Phi) is 6.02. The summed E-state index contributed by atoms with van der Waals surface area (Å²) in [4.78, 5) is 29.7. The predicted octanol–water partition coefficient (Wildman–Crippen LogP) is 3.13. The molecule has 7 nitrogen and oxygen atoms in total. The van der Waals surface area contributed by atoms with Gasteiger partial charge in [0.2, 0.25) is 0 Å². The van der Waals surface area contributed by atoms with Crippen LogP contribution in [0.1, 0.15) is 55.3 Å². The van der Waals surface area contributed by atoms with Crippen molar-refractivity contribution in [2.45, 2.75) is 56.6 Å². The first-order chi connectivity index (χ1) is 15.8. The van der Waals surface area contributed by atoms with E-state index in [0.717, 1.165) is 57.2 Å². The van der Waals surface area contributed by atoms with Crippen LogP contribution in [0.5, 0.6) is 5.75 Å². The summed E-state index contributed by atoms with van der Waals surface area (Å²) < 4.78 is 5.18. The average molecular weight is 456 g/mol. The van der Waals surface area contributed by atoms with Gasteiger partial charge in [-0.2, -0.15) is 0 Å². The van der Waals surface area contributed by atoms with E-state index < -0.39 is 5.60 Å². The number of piperidine rings is 1. The molecule has 5 aliphatic rings. The fraction of sp³-hybridized carbons (Fsp3) is 0.692. The molecule has 4 bridgehead atoms. The first-order valence-electron chi connectivity index (χ1n) is 12.5. The minimum atomic E-state index is -0.477. The highest BCUT2D eigenvalue weighted by atomic mass is 16.5. The zero-order chi connectivity index (χ0) is 23.2. The van der Waals surface area contributed by atoms with Gasteiger partial charge in [0, 0.05) is 38.3 Å². The Hall–Kier alpha value is -2.28. The Balaban J connectivity index is 1.15. The minimum absolute atomic E-state index is 0.00856. The topological polar surface area (TPSA) is 82.1 Å². The number of ether oxygens (including phenoxy) is 1. The van der Waals surface area contributed by atoms with Crippen molar-refractivity contribution < 1.29 is 19.4 Å². The lowest BCUT2D eigenvalue weighted by Crippen LogP contribution is -2.63. The number of benzene rings is 1. The summed E-state index contributed by atoms with van der Waals surface area (Å²) in [6.07, 6.45) is 6.90. The molecule has 180 valence electrons. The van der Waals surface area contributed by atoms with Crippen LogP contribution in [0.3, 0.4) is 0 Å². The number of urea groups is 1. The van der Waals surface area contributed by atoms with Crippen LogP contribution in [-0.4, -0.2) is 72.3 Å². The molecule has 4 saturated carbocycles. The van der Waals surface area contributed by atoms with Crippen LogP contribution in [0, 0.1) is 23.7 Å². The number of methoxy groups -OCH3 is 1. The number of aliphatic hydroxyl groups is 1. The van der Waals surface area contributed by atoms with Gasteiger partial charge in [-0.25, -0.2) is 4.79 Å². The third-order valence-electron chi connectivity index (χ3n) is 8.55. The van der Waals surface area contributed by atoms with Crippen LogP contribution in [0.2, 0.25) is 0 Å². The lowest BCUT2D eigenvalue weighted by Gasteiger charge is -2.58. The van der Waals surface area contributed by atoms with E-state index in [1.165, 1.54) is 0 Å². The Morgan fingerprint density at radius 3 is 2.52 bits per heavy atom. The van der Waals surface area contributed by atoms with Crippen LogP contribution in [0.25, 0.3) is 0 Å². The first-order valence-corrected chi connectivity index (χ1v) is 12.5. The Labute approximate surface area is 196 Å². The minimum Gasteiger partial charge on any atom is -0.497 e. The fourth-order valence-electron chi connectivity index (χ4n) is 7.27. The van der Waals surface area contributed by atoms with Gasteiger partial charge >= 0.3 is 6.03 Å². The highest BCUT2D eigenvalue weighted by Gasteiger charge is 2.55. The molecule has 33 heavy (non-hydrogen) atoms.